The quantitative estimate of drug-likeness (QED) is 0.870. The number of hydrogen-bond donors (Lipinski definition) is 1. The van der Waals surface area contributed by atoms with Crippen LogP contribution < -0.4 is 5.32 Å². The van der Waals surface area contributed by atoms with Crippen molar-refractivity contribution in [3.8, 4) is 0 Å². The summed E-state index contributed by atoms with van der Waals surface area (Å²) in [5, 5.41) is 3.72. The first-order valence-electron chi connectivity index (χ1n) is 7.11. The lowest BCUT2D eigenvalue weighted by Crippen LogP contribution is -2.22. The Morgan fingerprint density at radius 1 is 1.42 bits per heavy atom. The first-order valence-corrected chi connectivity index (χ1v) is 7.93. The Hall–Kier alpha value is -0.940. The summed E-state index contributed by atoms with van der Waals surface area (Å²) in [6.45, 7) is 5.61. The fourth-order valence-corrected chi connectivity index (χ4v) is 3.34. The number of carbonyl (C=O) groups is 1. The number of anilines is 1. The molecule has 0 spiro atoms. The van der Waals surface area contributed by atoms with Crippen molar-refractivity contribution in [2.45, 2.75) is 52.6 Å². The maximum absolute atomic E-state index is 12.2. The van der Waals surface area contributed by atoms with Gasteiger partial charge in [-0.3, -0.25) is 4.79 Å². The average Bonchev–Trinajstić information content (AvgIpc) is 2.80. The second kappa shape index (κ2) is 7.01. The molecule has 1 aliphatic rings. The summed E-state index contributed by atoms with van der Waals surface area (Å²) in [6, 6.07) is 0. The Morgan fingerprint density at radius 2 is 2.16 bits per heavy atom. The summed E-state index contributed by atoms with van der Waals surface area (Å²) in [4.78, 5) is 17.9. The lowest BCUT2D eigenvalue weighted by molar-refractivity contribution is -0.120. The van der Waals surface area contributed by atoms with E-state index in [1.807, 2.05) is 0 Å². The van der Waals surface area contributed by atoms with Crippen molar-refractivity contribution in [3.63, 3.8) is 0 Å². The summed E-state index contributed by atoms with van der Waals surface area (Å²) >= 11 is 1.55. The molecule has 4 nitrogen and oxygen atoms in total. The standard InChI is InChI=1S/C14H22N2O2S/c1-3-5-10(6-4-2)13(17)16-14-15-11-7-8-18-9-12(11)19-14/h10H,3-9H2,1-2H3,(H,15,16,17). The fraction of sp³-hybridized carbons (Fsp3) is 0.714. The van der Waals surface area contributed by atoms with Crippen molar-refractivity contribution in [1.29, 1.82) is 0 Å². The van der Waals surface area contributed by atoms with Gasteiger partial charge in [-0.15, -0.1) is 0 Å². The molecule has 1 aromatic heterocycles. The van der Waals surface area contributed by atoms with E-state index in [1.54, 1.807) is 11.3 Å². The van der Waals surface area contributed by atoms with Gasteiger partial charge in [0.05, 0.1) is 23.8 Å². The minimum atomic E-state index is 0.118. The summed E-state index contributed by atoms with van der Waals surface area (Å²) in [5.74, 6) is 0.239. The third-order valence-electron chi connectivity index (χ3n) is 3.37. The van der Waals surface area contributed by atoms with Crippen LogP contribution in [0.25, 0.3) is 0 Å². The van der Waals surface area contributed by atoms with Crippen molar-refractivity contribution in [1.82, 2.24) is 4.98 Å². The number of rotatable bonds is 6. The molecule has 19 heavy (non-hydrogen) atoms. The average molecular weight is 282 g/mol. The van der Waals surface area contributed by atoms with E-state index in [1.165, 1.54) is 0 Å². The van der Waals surface area contributed by atoms with Gasteiger partial charge in [0.2, 0.25) is 5.91 Å². The monoisotopic (exact) mass is 282 g/mol. The third-order valence-corrected chi connectivity index (χ3v) is 4.36. The smallest absolute Gasteiger partial charge is 0.229 e. The molecule has 1 aliphatic heterocycles. The molecule has 0 saturated carbocycles. The molecule has 106 valence electrons. The minimum absolute atomic E-state index is 0.118. The van der Waals surface area contributed by atoms with Gasteiger partial charge in [-0.05, 0) is 12.8 Å². The molecule has 5 heteroatoms. The highest BCUT2D eigenvalue weighted by Gasteiger charge is 2.20. The molecule has 0 bridgehead atoms. The summed E-state index contributed by atoms with van der Waals surface area (Å²) in [5.41, 5.74) is 1.09. The number of fused-ring (bicyclic) bond motifs is 1. The van der Waals surface area contributed by atoms with E-state index in [-0.39, 0.29) is 11.8 Å². The molecule has 0 aliphatic carbocycles. The Labute approximate surface area is 118 Å². The zero-order valence-electron chi connectivity index (χ0n) is 11.7. The second-order valence-electron chi connectivity index (χ2n) is 4.95. The Kier molecular flexibility index (Phi) is 5.34. The lowest BCUT2D eigenvalue weighted by atomic mass is 9.97. The van der Waals surface area contributed by atoms with Crippen LogP contribution in [0.4, 0.5) is 5.13 Å². The highest BCUT2D eigenvalue weighted by atomic mass is 32.1. The van der Waals surface area contributed by atoms with E-state index in [4.69, 9.17) is 4.74 Å². The van der Waals surface area contributed by atoms with E-state index in [9.17, 15) is 4.79 Å². The Bertz CT molecular complexity index is 402. The van der Waals surface area contributed by atoms with Crippen LogP contribution in [-0.4, -0.2) is 17.5 Å². The van der Waals surface area contributed by atoms with Crippen molar-refractivity contribution in [3.05, 3.63) is 10.6 Å². The lowest BCUT2D eigenvalue weighted by Gasteiger charge is -2.13. The molecule has 0 aromatic carbocycles. The number of amides is 1. The van der Waals surface area contributed by atoms with Crippen LogP contribution in [0.1, 0.15) is 50.1 Å². The van der Waals surface area contributed by atoms with Gasteiger partial charge in [0, 0.05) is 12.3 Å². The molecule has 2 heterocycles. The number of hydrogen-bond acceptors (Lipinski definition) is 4. The Morgan fingerprint density at radius 3 is 2.79 bits per heavy atom. The SMILES string of the molecule is CCCC(CCC)C(=O)Nc1nc2c(s1)COCC2. The summed E-state index contributed by atoms with van der Waals surface area (Å²) in [6.07, 6.45) is 4.84. The van der Waals surface area contributed by atoms with Gasteiger partial charge in [-0.2, -0.15) is 0 Å². The number of aromatic nitrogens is 1. The van der Waals surface area contributed by atoms with Gasteiger partial charge in [-0.25, -0.2) is 4.98 Å². The third kappa shape index (κ3) is 3.76. The van der Waals surface area contributed by atoms with Crippen LogP contribution in [0.2, 0.25) is 0 Å². The van der Waals surface area contributed by atoms with Gasteiger partial charge in [0.15, 0.2) is 5.13 Å². The molecule has 0 atom stereocenters. The normalized spacial score (nSPS) is 14.5. The van der Waals surface area contributed by atoms with Crippen molar-refractivity contribution < 1.29 is 9.53 Å². The number of thiazole rings is 1. The first-order chi connectivity index (χ1) is 9.24. The van der Waals surface area contributed by atoms with E-state index in [0.29, 0.717) is 6.61 Å². The molecule has 2 rings (SSSR count). The van der Waals surface area contributed by atoms with Crippen LogP contribution in [-0.2, 0) is 22.6 Å². The molecule has 1 N–H and O–H groups in total. The predicted octanol–water partition coefficient (Wildman–Crippen LogP) is 3.37. The molecular weight excluding hydrogens is 260 g/mol. The number of nitrogens with one attached hydrogen (secondary N) is 1. The summed E-state index contributed by atoms with van der Waals surface area (Å²) in [7, 11) is 0. The topological polar surface area (TPSA) is 51.2 Å². The van der Waals surface area contributed by atoms with E-state index in [0.717, 1.165) is 54.4 Å². The highest BCUT2D eigenvalue weighted by molar-refractivity contribution is 7.15. The molecule has 0 fully saturated rings. The number of carbonyl (C=O) groups excluding carboxylic acids is 1. The molecule has 0 unspecified atom stereocenters. The van der Waals surface area contributed by atoms with E-state index in [2.05, 4.69) is 24.1 Å². The fourth-order valence-electron chi connectivity index (χ4n) is 2.39. The van der Waals surface area contributed by atoms with Crippen LogP contribution in [0.5, 0.6) is 0 Å². The van der Waals surface area contributed by atoms with Crippen molar-refractivity contribution in [2.24, 2.45) is 5.92 Å². The first kappa shape index (κ1) is 14.5. The van der Waals surface area contributed by atoms with Gasteiger partial charge >= 0.3 is 0 Å². The molecule has 1 amide bonds. The van der Waals surface area contributed by atoms with Crippen LogP contribution >= 0.6 is 11.3 Å². The zero-order valence-corrected chi connectivity index (χ0v) is 12.5. The van der Waals surface area contributed by atoms with Crippen LogP contribution in [0.15, 0.2) is 0 Å². The molecule has 0 radical (unpaired) electrons. The minimum Gasteiger partial charge on any atom is -0.375 e. The van der Waals surface area contributed by atoms with Crippen molar-refractivity contribution >= 4 is 22.4 Å². The molecule has 0 saturated heterocycles. The largest absolute Gasteiger partial charge is 0.375 e. The molecular formula is C14H22N2O2S. The van der Waals surface area contributed by atoms with Crippen LogP contribution in [0.3, 0.4) is 0 Å². The second-order valence-corrected chi connectivity index (χ2v) is 6.04. The number of ether oxygens (including phenoxy) is 1. The maximum atomic E-state index is 12.2. The maximum Gasteiger partial charge on any atom is 0.229 e. The number of nitrogens with zero attached hydrogens (tertiary/aromatic N) is 1. The predicted molar refractivity (Wildman–Crippen MR) is 77.4 cm³/mol. The van der Waals surface area contributed by atoms with E-state index >= 15 is 0 Å². The zero-order chi connectivity index (χ0) is 13.7. The van der Waals surface area contributed by atoms with Crippen LogP contribution in [0, 0.1) is 5.92 Å². The van der Waals surface area contributed by atoms with Crippen molar-refractivity contribution in [2.75, 3.05) is 11.9 Å². The molecule has 1 aromatic rings. The summed E-state index contributed by atoms with van der Waals surface area (Å²) < 4.78 is 5.40. The van der Waals surface area contributed by atoms with Gasteiger partial charge in [-0.1, -0.05) is 38.0 Å². The van der Waals surface area contributed by atoms with E-state index < -0.39 is 0 Å². The van der Waals surface area contributed by atoms with Gasteiger partial charge < -0.3 is 10.1 Å². The Balaban J connectivity index is 1.98. The highest BCUT2D eigenvalue weighted by Crippen LogP contribution is 2.28. The van der Waals surface area contributed by atoms with Gasteiger partial charge in [0.1, 0.15) is 0 Å². The van der Waals surface area contributed by atoms with Gasteiger partial charge in [0.25, 0.3) is 0 Å².